The zero-order chi connectivity index (χ0) is 23.8. The van der Waals surface area contributed by atoms with Crippen molar-refractivity contribution in [1.29, 1.82) is 0 Å². The zero-order valence-corrected chi connectivity index (χ0v) is 20.6. The van der Waals surface area contributed by atoms with E-state index in [0.717, 1.165) is 48.6 Å². The third-order valence-corrected chi connectivity index (χ3v) is 6.99. The summed E-state index contributed by atoms with van der Waals surface area (Å²) in [6.07, 6.45) is 2.45. The van der Waals surface area contributed by atoms with Gasteiger partial charge in [-0.15, -0.1) is 0 Å². The molecule has 2 aliphatic heterocycles. The average molecular weight is 477 g/mol. The summed E-state index contributed by atoms with van der Waals surface area (Å²) in [5.74, 6) is 1.36. The lowest BCUT2D eigenvalue weighted by molar-refractivity contribution is 0.251. The summed E-state index contributed by atoms with van der Waals surface area (Å²) in [5.41, 5.74) is 4.99. The van der Waals surface area contributed by atoms with E-state index < -0.39 is 0 Å². The van der Waals surface area contributed by atoms with E-state index >= 15 is 0 Å². The molecule has 0 atom stereocenters. The first kappa shape index (κ1) is 22.6. The Bertz CT molecular complexity index is 1190. The molecule has 0 N–H and O–H groups in total. The van der Waals surface area contributed by atoms with Crippen molar-refractivity contribution in [2.45, 2.75) is 19.9 Å². The van der Waals surface area contributed by atoms with Gasteiger partial charge >= 0.3 is 6.03 Å². The van der Waals surface area contributed by atoms with Gasteiger partial charge < -0.3 is 9.80 Å². The molecular weight excluding hydrogens is 448 g/mol. The largest absolute Gasteiger partial charge is 0.369 e. The lowest BCUT2D eigenvalue weighted by Crippen LogP contribution is -2.46. The molecule has 34 heavy (non-hydrogen) atoms. The monoisotopic (exact) mass is 476 g/mol. The summed E-state index contributed by atoms with van der Waals surface area (Å²) in [5, 5.41) is 0.558. The van der Waals surface area contributed by atoms with Gasteiger partial charge in [-0.05, 0) is 43.3 Å². The van der Waals surface area contributed by atoms with Gasteiger partial charge in [0.2, 0.25) is 0 Å². The van der Waals surface area contributed by atoms with Gasteiger partial charge in [0, 0.05) is 57.1 Å². The van der Waals surface area contributed by atoms with E-state index in [9.17, 15) is 4.79 Å². The minimum Gasteiger partial charge on any atom is -0.369 e. The predicted octanol–water partition coefficient (Wildman–Crippen LogP) is 4.36. The van der Waals surface area contributed by atoms with Gasteiger partial charge in [0.15, 0.2) is 0 Å². The fraction of sp³-hybridized carbons (Fsp3) is 0.346. The first-order valence-corrected chi connectivity index (χ1v) is 12.0. The van der Waals surface area contributed by atoms with Crippen LogP contribution in [0, 0.1) is 6.92 Å². The molecule has 0 aliphatic carbocycles. The van der Waals surface area contributed by atoms with Crippen LogP contribution >= 0.6 is 11.6 Å². The Balaban J connectivity index is 1.33. The Morgan fingerprint density at radius 3 is 2.44 bits per heavy atom. The number of nitrogens with zero attached hydrogens (tertiary/aromatic N) is 6. The van der Waals surface area contributed by atoms with Crippen LogP contribution in [0.3, 0.4) is 0 Å². The van der Waals surface area contributed by atoms with E-state index in [1.54, 1.807) is 22.9 Å². The highest BCUT2D eigenvalue weighted by molar-refractivity contribution is 6.34. The molecule has 176 valence electrons. The maximum absolute atomic E-state index is 13.2. The minimum absolute atomic E-state index is 0.148. The second-order valence-corrected chi connectivity index (χ2v) is 9.51. The number of aromatic nitrogens is 2. The molecule has 2 aliphatic rings. The number of halogens is 1. The number of fused-ring (bicyclic) bond motifs is 1. The summed E-state index contributed by atoms with van der Waals surface area (Å²) >= 11 is 6.44. The third-order valence-electron chi connectivity index (χ3n) is 6.68. The highest BCUT2D eigenvalue weighted by atomic mass is 35.5. The molecule has 1 fully saturated rings. The summed E-state index contributed by atoms with van der Waals surface area (Å²) < 4.78 is 0. The van der Waals surface area contributed by atoms with Crippen molar-refractivity contribution < 1.29 is 4.79 Å². The zero-order valence-electron chi connectivity index (χ0n) is 19.8. The number of hydrogen-bond acceptors (Lipinski definition) is 5. The maximum Gasteiger partial charge on any atom is 0.330 e. The number of rotatable bonds is 4. The summed E-state index contributed by atoms with van der Waals surface area (Å²) in [6.45, 7) is 6.63. The quantitative estimate of drug-likeness (QED) is 0.560. The average Bonchev–Trinajstić information content (AvgIpc) is 2.83. The SMILES string of the molecule is Cc1cccc(Cl)c1N1Cc2cnc(Cc3ccc(N4CCN(C)CC4)cc3)nc2N(C)C1=O. The number of carbonyl (C=O) groups excluding carboxylic acids is 1. The molecule has 3 heterocycles. The first-order valence-electron chi connectivity index (χ1n) is 11.6. The fourth-order valence-corrected chi connectivity index (χ4v) is 4.97. The Labute approximate surface area is 205 Å². The molecule has 1 saturated heterocycles. The molecule has 0 bridgehead atoms. The second kappa shape index (κ2) is 9.24. The van der Waals surface area contributed by atoms with E-state index in [-0.39, 0.29) is 6.03 Å². The molecule has 8 heteroatoms. The number of benzene rings is 2. The Kier molecular flexibility index (Phi) is 6.15. The third kappa shape index (κ3) is 4.33. The molecular formula is C26H29ClN6O. The van der Waals surface area contributed by atoms with Crippen molar-refractivity contribution >= 4 is 34.8 Å². The normalized spacial score (nSPS) is 16.7. The van der Waals surface area contributed by atoms with Gasteiger partial charge in [-0.1, -0.05) is 35.9 Å². The molecule has 1 aromatic heterocycles. The van der Waals surface area contributed by atoms with Gasteiger partial charge in [-0.3, -0.25) is 9.80 Å². The van der Waals surface area contributed by atoms with Crippen LogP contribution in [0.25, 0.3) is 0 Å². The maximum atomic E-state index is 13.2. The van der Waals surface area contributed by atoms with Crippen molar-refractivity contribution in [3.05, 3.63) is 76.2 Å². The lowest BCUT2D eigenvalue weighted by Gasteiger charge is -2.35. The van der Waals surface area contributed by atoms with Crippen molar-refractivity contribution in [3.63, 3.8) is 0 Å². The molecule has 3 aromatic rings. The van der Waals surface area contributed by atoms with E-state index in [1.807, 2.05) is 25.3 Å². The van der Waals surface area contributed by atoms with E-state index in [0.29, 0.717) is 29.6 Å². The topological polar surface area (TPSA) is 55.8 Å². The number of piperazine rings is 1. The van der Waals surface area contributed by atoms with Gasteiger partial charge in [0.25, 0.3) is 0 Å². The molecule has 0 radical (unpaired) electrons. The Morgan fingerprint density at radius 2 is 1.74 bits per heavy atom. The van der Waals surface area contributed by atoms with Crippen LogP contribution in [-0.4, -0.2) is 61.2 Å². The van der Waals surface area contributed by atoms with Gasteiger partial charge in [0.05, 0.1) is 17.3 Å². The lowest BCUT2D eigenvalue weighted by atomic mass is 10.1. The molecule has 0 unspecified atom stereocenters. The number of carbonyl (C=O) groups is 1. The van der Waals surface area contributed by atoms with E-state index in [1.165, 1.54) is 5.69 Å². The molecule has 0 spiro atoms. The van der Waals surface area contributed by atoms with Gasteiger partial charge in [-0.25, -0.2) is 14.8 Å². The van der Waals surface area contributed by atoms with Crippen molar-refractivity contribution in [3.8, 4) is 0 Å². The van der Waals surface area contributed by atoms with Crippen LogP contribution in [0.4, 0.5) is 22.0 Å². The molecule has 0 saturated carbocycles. The summed E-state index contributed by atoms with van der Waals surface area (Å²) in [6, 6.07) is 14.2. The Hall–Kier alpha value is -3.16. The molecule has 2 aromatic carbocycles. The smallest absolute Gasteiger partial charge is 0.330 e. The number of aryl methyl sites for hydroxylation is 1. The van der Waals surface area contributed by atoms with Crippen LogP contribution < -0.4 is 14.7 Å². The Morgan fingerprint density at radius 1 is 1.00 bits per heavy atom. The highest BCUT2D eigenvalue weighted by Crippen LogP contribution is 2.35. The van der Waals surface area contributed by atoms with E-state index in [2.05, 4.69) is 46.1 Å². The number of amides is 2. The van der Waals surface area contributed by atoms with Crippen molar-refractivity contribution in [2.75, 3.05) is 55.0 Å². The van der Waals surface area contributed by atoms with Crippen LogP contribution in [0.15, 0.2) is 48.7 Å². The van der Waals surface area contributed by atoms with Crippen LogP contribution in [0.2, 0.25) is 5.02 Å². The minimum atomic E-state index is -0.148. The number of hydrogen-bond donors (Lipinski definition) is 0. The van der Waals surface area contributed by atoms with Crippen LogP contribution in [0.5, 0.6) is 0 Å². The molecule has 7 nitrogen and oxygen atoms in total. The summed E-state index contributed by atoms with van der Waals surface area (Å²) in [4.78, 5) is 30.6. The van der Waals surface area contributed by atoms with Crippen molar-refractivity contribution in [1.82, 2.24) is 14.9 Å². The number of likely N-dealkylation sites (N-methyl/N-ethyl adjacent to an activating group) is 1. The first-order chi connectivity index (χ1) is 16.4. The second-order valence-electron chi connectivity index (χ2n) is 9.10. The number of urea groups is 1. The van der Waals surface area contributed by atoms with Crippen LogP contribution in [-0.2, 0) is 13.0 Å². The van der Waals surface area contributed by atoms with Crippen molar-refractivity contribution in [2.24, 2.45) is 0 Å². The van der Waals surface area contributed by atoms with E-state index in [4.69, 9.17) is 16.6 Å². The number of anilines is 3. The van der Waals surface area contributed by atoms with Gasteiger partial charge in [0.1, 0.15) is 11.6 Å². The number of para-hydroxylation sites is 1. The summed E-state index contributed by atoms with van der Waals surface area (Å²) in [7, 11) is 3.92. The fourth-order valence-electron chi connectivity index (χ4n) is 4.64. The molecule has 5 rings (SSSR count). The van der Waals surface area contributed by atoms with Gasteiger partial charge in [-0.2, -0.15) is 0 Å². The standard InChI is InChI=1S/C26H29ClN6O/c1-18-5-4-6-22(27)24(18)33-17-20-16-28-23(29-25(20)31(3)26(33)34)15-19-7-9-21(10-8-19)32-13-11-30(2)12-14-32/h4-10,16H,11-15,17H2,1-3H3. The highest BCUT2D eigenvalue weighted by Gasteiger charge is 2.32. The molecule has 2 amide bonds. The van der Waals surface area contributed by atoms with Crippen LogP contribution in [0.1, 0.15) is 22.5 Å². The predicted molar refractivity (Wildman–Crippen MR) is 137 cm³/mol.